The number of nitrogens with one attached hydrogen (secondary N) is 3. The molecule has 3 aromatic rings. The summed E-state index contributed by atoms with van der Waals surface area (Å²) in [4.78, 5) is 31.8. The van der Waals surface area contributed by atoms with Gasteiger partial charge in [-0.05, 0) is 43.2 Å². The minimum absolute atomic E-state index is 0.146. The zero-order chi connectivity index (χ0) is 21.7. The maximum atomic E-state index is 13.0. The van der Waals surface area contributed by atoms with E-state index in [1.54, 1.807) is 4.90 Å². The highest BCUT2D eigenvalue weighted by molar-refractivity contribution is 5.89. The number of aromatic nitrogens is 1. The molecule has 6 nitrogen and oxygen atoms in total. The summed E-state index contributed by atoms with van der Waals surface area (Å²) in [6.07, 6.45) is 0.855. The van der Waals surface area contributed by atoms with E-state index in [1.807, 2.05) is 56.3 Å². The number of aryl methyl sites for hydroxylation is 2. The third kappa shape index (κ3) is 5.27. The average molecular weight is 408 g/mol. The molecule has 0 fully saturated rings. The van der Waals surface area contributed by atoms with Gasteiger partial charge in [-0.2, -0.15) is 0 Å². The van der Waals surface area contributed by atoms with Crippen LogP contribution in [-0.2, 0) is 6.54 Å². The van der Waals surface area contributed by atoms with Crippen molar-refractivity contribution < 1.29 is 9.69 Å². The summed E-state index contributed by atoms with van der Waals surface area (Å²) < 4.78 is 0. The van der Waals surface area contributed by atoms with Crippen LogP contribution < -0.4 is 15.8 Å². The summed E-state index contributed by atoms with van der Waals surface area (Å²) in [6, 6.07) is 15.2. The van der Waals surface area contributed by atoms with Crippen LogP contribution in [0.5, 0.6) is 0 Å². The first kappa shape index (κ1) is 21.6. The van der Waals surface area contributed by atoms with Crippen LogP contribution in [0.1, 0.15) is 23.1 Å². The number of urea groups is 1. The zero-order valence-electron chi connectivity index (χ0n) is 18.2. The van der Waals surface area contributed by atoms with Gasteiger partial charge < -0.3 is 20.1 Å². The number of anilines is 1. The Balaban J connectivity index is 1.88. The molecule has 0 aliphatic rings. The van der Waals surface area contributed by atoms with Gasteiger partial charge in [-0.15, -0.1) is 0 Å². The number of carbonyl (C=O) groups is 1. The standard InChI is InChI=1S/C24H30N4O2/c1-17-11-12-18(2)22-21(17)15-19(23(29)26-22)16-28(14-8-13-27(3)4)24(30)25-20-9-6-5-7-10-20/h5-7,9-12,15H,8,13-14,16H2,1-4H3,(H,25,30)(H,26,29)/p+1. The maximum absolute atomic E-state index is 13.0. The quantitative estimate of drug-likeness (QED) is 0.564. The molecule has 0 saturated heterocycles. The number of hydrogen-bond donors (Lipinski definition) is 3. The minimum Gasteiger partial charge on any atom is -0.340 e. The molecule has 0 spiro atoms. The van der Waals surface area contributed by atoms with Gasteiger partial charge in [0, 0.05) is 29.6 Å². The van der Waals surface area contributed by atoms with Crippen LogP contribution in [0.15, 0.2) is 53.3 Å². The van der Waals surface area contributed by atoms with E-state index in [1.165, 1.54) is 4.90 Å². The van der Waals surface area contributed by atoms with Crippen LogP contribution >= 0.6 is 0 Å². The van der Waals surface area contributed by atoms with Crippen LogP contribution in [-0.4, -0.2) is 43.1 Å². The molecular formula is C24H31N4O2+. The van der Waals surface area contributed by atoms with Crippen LogP contribution in [0.2, 0.25) is 0 Å². The van der Waals surface area contributed by atoms with E-state index in [-0.39, 0.29) is 18.1 Å². The number of rotatable bonds is 7. The minimum atomic E-state index is -0.199. The summed E-state index contributed by atoms with van der Waals surface area (Å²) >= 11 is 0. The average Bonchev–Trinajstić information content (AvgIpc) is 2.71. The van der Waals surface area contributed by atoms with Gasteiger partial charge in [0.2, 0.25) is 0 Å². The first-order valence-electron chi connectivity index (χ1n) is 10.4. The van der Waals surface area contributed by atoms with Gasteiger partial charge in [0.05, 0.1) is 32.7 Å². The summed E-state index contributed by atoms with van der Waals surface area (Å²) in [7, 11) is 4.18. The predicted octanol–water partition coefficient (Wildman–Crippen LogP) is 2.71. The van der Waals surface area contributed by atoms with Crippen LogP contribution in [0.3, 0.4) is 0 Å². The summed E-state index contributed by atoms with van der Waals surface area (Å²) in [5.74, 6) is 0. The molecule has 0 saturated carbocycles. The molecule has 0 aliphatic heterocycles. The van der Waals surface area contributed by atoms with Crippen LogP contribution in [0, 0.1) is 13.8 Å². The van der Waals surface area contributed by atoms with Gasteiger partial charge in [-0.1, -0.05) is 30.3 Å². The third-order valence-corrected chi connectivity index (χ3v) is 5.30. The van der Waals surface area contributed by atoms with Gasteiger partial charge in [-0.3, -0.25) is 4.79 Å². The molecule has 3 N–H and O–H groups in total. The summed E-state index contributed by atoms with van der Waals surface area (Å²) in [6.45, 7) is 5.81. The molecular weight excluding hydrogens is 376 g/mol. The Morgan fingerprint density at radius 3 is 2.47 bits per heavy atom. The predicted molar refractivity (Wildman–Crippen MR) is 122 cm³/mol. The van der Waals surface area contributed by atoms with Crippen molar-refractivity contribution in [1.29, 1.82) is 0 Å². The van der Waals surface area contributed by atoms with Gasteiger partial charge >= 0.3 is 6.03 Å². The lowest BCUT2D eigenvalue weighted by molar-refractivity contribution is -0.858. The van der Waals surface area contributed by atoms with Gasteiger partial charge in [-0.25, -0.2) is 4.79 Å². The Morgan fingerprint density at radius 2 is 1.77 bits per heavy atom. The van der Waals surface area contributed by atoms with Crippen LogP contribution in [0.25, 0.3) is 10.9 Å². The normalized spacial score (nSPS) is 11.1. The van der Waals surface area contributed by atoms with E-state index in [0.717, 1.165) is 40.7 Å². The number of amides is 2. The van der Waals surface area contributed by atoms with E-state index < -0.39 is 0 Å². The number of quaternary nitrogens is 1. The van der Waals surface area contributed by atoms with E-state index in [4.69, 9.17) is 0 Å². The molecule has 6 heteroatoms. The van der Waals surface area contributed by atoms with E-state index in [0.29, 0.717) is 12.1 Å². The van der Waals surface area contributed by atoms with Crippen molar-refractivity contribution in [1.82, 2.24) is 9.88 Å². The highest BCUT2D eigenvalue weighted by Crippen LogP contribution is 2.20. The molecule has 0 radical (unpaired) electrons. The second-order valence-corrected chi connectivity index (χ2v) is 8.14. The largest absolute Gasteiger partial charge is 0.340 e. The van der Waals surface area contributed by atoms with Crippen molar-refractivity contribution in [2.75, 3.05) is 32.5 Å². The Morgan fingerprint density at radius 1 is 1.07 bits per heavy atom. The SMILES string of the molecule is Cc1ccc(C)c2[nH]c(=O)c(CN(CCC[NH+](C)C)C(=O)Nc3ccccc3)cc12. The molecule has 158 valence electrons. The highest BCUT2D eigenvalue weighted by atomic mass is 16.2. The van der Waals surface area contributed by atoms with Crippen LogP contribution in [0.4, 0.5) is 10.5 Å². The van der Waals surface area contributed by atoms with Crippen molar-refractivity contribution in [3.8, 4) is 0 Å². The van der Waals surface area contributed by atoms with E-state index >= 15 is 0 Å². The van der Waals surface area contributed by atoms with Crippen molar-refractivity contribution in [3.63, 3.8) is 0 Å². The number of aromatic amines is 1. The zero-order valence-corrected chi connectivity index (χ0v) is 18.2. The number of H-pyrrole nitrogens is 1. The van der Waals surface area contributed by atoms with Crippen molar-refractivity contribution in [3.05, 3.63) is 75.6 Å². The molecule has 2 aromatic carbocycles. The number of para-hydroxylation sites is 1. The molecule has 0 bridgehead atoms. The van der Waals surface area contributed by atoms with E-state index in [9.17, 15) is 9.59 Å². The molecule has 0 atom stereocenters. The molecule has 0 aliphatic carbocycles. The monoisotopic (exact) mass is 407 g/mol. The Bertz CT molecular complexity index is 1070. The first-order valence-corrected chi connectivity index (χ1v) is 10.4. The molecule has 30 heavy (non-hydrogen) atoms. The van der Waals surface area contributed by atoms with Gasteiger partial charge in [0.25, 0.3) is 5.56 Å². The maximum Gasteiger partial charge on any atom is 0.322 e. The molecule has 3 rings (SSSR count). The Kier molecular flexibility index (Phi) is 6.90. The lowest BCUT2D eigenvalue weighted by Crippen LogP contribution is -3.05. The fourth-order valence-electron chi connectivity index (χ4n) is 3.54. The number of carbonyl (C=O) groups excluding carboxylic acids is 1. The van der Waals surface area contributed by atoms with Gasteiger partial charge in [0.15, 0.2) is 0 Å². The third-order valence-electron chi connectivity index (χ3n) is 5.30. The van der Waals surface area contributed by atoms with Crippen molar-refractivity contribution >= 4 is 22.6 Å². The second kappa shape index (κ2) is 9.59. The topological polar surface area (TPSA) is 69.6 Å². The highest BCUT2D eigenvalue weighted by Gasteiger charge is 2.17. The Hall–Kier alpha value is -3.12. The van der Waals surface area contributed by atoms with Crippen molar-refractivity contribution in [2.45, 2.75) is 26.8 Å². The van der Waals surface area contributed by atoms with Crippen molar-refractivity contribution in [2.24, 2.45) is 0 Å². The number of hydrogen-bond acceptors (Lipinski definition) is 2. The summed E-state index contributed by atoms with van der Waals surface area (Å²) in [5.41, 5.74) is 4.19. The smallest absolute Gasteiger partial charge is 0.322 e. The fourth-order valence-corrected chi connectivity index (χ4v) is 3.54. The lowest BCUT2D eigenvalue weighted by atomic mass is 10.0. The fraction of sp³-hybridized carbons (Fsp3) is 0.333. The first-order chi connectivity index (χ1) is 14.3. The van der Waals surface area contributed by atoms with Gasteiger partial charge in [0.1, 0.15) is 0 Å². The summed E-state index contributed by atoms with van der Waals surface area (Å²) in [5, 5.41) is 3.96. The molecule has 0 unspecified atom stereocenters. The lowest BCUT2D eigenvalue weighted by Gasteiger charge is -2.23. The number of nitrogens with zero attached hydrogens (tertiary/aromatic N) is 1. The molecule has 1 heterocycles. The second-order valence-electron chi connectivity index (χ2n) is 8.14. The number of fused-ring (bicyclic) bond motifs is 1. The number of pyridine rings is 1. The number of benzene rings is 2. The molecule has 2 amide bonds. The molecule has 1 aromatic heterocycles. The Labute approximate surface area is 177 Å². The van der Waals surface area contributed by atoms with E-state index in [2.05, 4.69) is 30.5 Å².